The highest BCUT2D eigenvalue weighted by Crippen LogP contribution is 2.52. The number of nitrogens with zero attached hydrogens (tertiary/aromatic N) is 3. The van der Waals surface area contributed by atoms with Gasteiger partial charge in [-0.3, -0.25) is 19.1 Å². The van der Waals surface area contributed by atoms with Crippen LogP contribution in [0.1, 0.15) is 122 Å². The van der Waals surface area contributed by atoms with Crippen LogP contribution in [-0.4, -0.2) is 108 Å². The van der Waals surface area contributed by atoms with Crippen molar-refractivity contribution in [3.8, 4) is 5.88 Å². The summed E-state index contributed by atoms with van der Waals surface area (Å²) in [6.07, 6.45) is -6.57. The van der Waals surface area contributed by atoms with Crippen molar-refractivity contribution < 1.29 is 63.8 Å². The van der Waals surface area contributed by atoms with Crippen molar-refractivity contribution in [2.75, 3.05) is 13.7 Å². The van der Waals surface area contributed by atoms with Crippen molar-refractivity contribution in [2.24, 2.45) is 29.1 Å². The Morgan fingerprint density at radius 3 is 2.36 bits per heavy atom. The zero-order valence-electron chi connectivity index (χ0n) is 37.0. The summed E-state index contributed by atoms with van der Waals surface area (Å²) in [5, 5.41) is 3.94. The fourth-order valence-electron chi connectivity index (χ4n) is 10.2. The lowest BCUT2D eigenvalue weighted by molar-refractivity contribution is -0.271. The minimum atomic E-state index is -4.94. The molecule has 4 amide bonds. The Balaban J connectivity index is 1.31. The summed E-state index contributed by atoms with van der Waals surface area (Å²) in [5.41, 5.74) is -4.76. The molecule has 4 aliphatic carbocycles. The molecular formula is C43H59F5N6O9S. The first-order valence-corrected chi connectivity index (χ1v) is 23.9. The van der Waals surface area contributed by atoms with Crippen LogP contribution in [0.25, 0.3) is 6.08 Å². The van der Waals surface area contributed by atoms with Crippen molar-refractivity contribution in [3.63, 3.8) is 0 Å². The number of carbonyl (C=O) groups is 4. The molecule has 7 rings (SSSR count). The molecule has 3 N–H and O–H groups in total. The summed E-state index contributed by atoms with van der Waals surface area (Å²) >= 11 is 0. The maximum atomic E-state index is 15.1. The average molecular weight is 931 g/mol. The van der Waals surface area contributed by atoms with Crippen molar-refractivity contribution in [3.05, 3.63) is 22.8 Å². The number of fused-ring (bicyclic) bond motifs is 5. The molecule has 9 atom stereocenters. The van der Waals surface area contributed by atoms with E-state index in [1.807, 2.05) is 11.6 Å². The van der Waals surface area contributed by atoms with Gasteiger partial charge in [-0.05, 0) is 69.6 Å². The van der Waals surface area contributed by atoms with Crippen molar-refractivity contribution >= 4 is 39.9 Å². The largest absolute Gasteiger partial charge is 0.501 e. The quantitative estimate of drug-likeness (QED) is 0.269. The summed E-state index contributed by atoms with van der Waals surface area (Å²) in [7, 11) is -2.69. The number of alkyl halides is 5. The molecular weight excluding hydrogens is 872 g/mol. The molecule has 64 heavy (non-hydrogen) atoms. The molecule has 0 radical (unpaired) electrons. The molecule has 1 unspecified atom stereocenters. The fraction of sp³-hybridized carbons (Fsp3) is 0.767. The minimum absolute atomic E-state index is 0.0165. The number of rotatable bonds is 8. The van der Waals surface area contributed by atoms with E-state index in [-0.39, 0.29) is 56.9 Å². The van der Waals surface area contributed by atoms with Gasteiger partial charge in [-0.15, -0.1) is 0 Å². The topological polar surface area (TPSA) is 195 Å². The second kappa shape index (κ2) is 17.5. The number of hydrogen-bond donors (Lipinski definition) is 3. The average Bonchev–Trinajstić information content (AvgIpc) is 4.12. The Kier molecular flexibility index (Phi) is 13.0. The number of aromatic nitrogens is 2. The van der Waals surface area contributed by atoms with Crippen LogP contribution < -0.4 is 20.1 Å². The van der Waals surface area contributed by atoms with E-state index in [1.165, 1.54) is 0 Å². The van der Waals surface area contributed by atoms with E-state index in [4.69, 9.17) is 24.2 Å². The number of carbonyl (C=O) groups excluding carboxylic acids is 4. The first-order valence-electron chi connectivity index (χ1n) is 22.3. The third kappa shape index (κ3) is 9.11. The van der Waals surface area contributed by atoms with Gasteiger partial charge in [-0.1, -0.05) is 47.5 Å². The number of aryl methyl sites for hydroxylation is 1. The number of halogens is 5. The van der Waals surface area contributed by atoms with Gasteiger partial charge in [0.2, 0.25) is 39.7 Å². The Morgan fingerprint density at radius 2 is 1.75 bits per heavy atom. The van der Waals surface area contributed by atoms with Gasteiger partial charge >= 0.3 is 12.3 Å². The number of sulfonamides is 1. The molecule has 21 heteroatoms. The molecule has 1 saturated heterocycles. The molecule has 2 bridgehead atoms. The van der Waals surface area contributed by atoms with Crippen LogP contribution in [0, 0.1) is 29.1 Å². The number of ether oxygens (including phenoxy) is 3. The van der Waals surface area contributed by atoms with E-state index in [1.54, 1.807) is 40.9 Å². The number of methoxy groups -OCH3 is 1. The Labute approximate surface area is 369 Å². The maximum Gasteiger partial charge on any atom is 0.428 e. The summed E-state index contributed by atoms with van der Waals surface area (Å²) in [6, 6.07) is -3.18. The number of nitrogens with one attached hydrogen (secondary N) is 3. The third-order valence-electron chi connectivity index (χ3n) is 14.0. The van der Waals surface area contributed by atoms with Gasteiger partial charge < -0.3 is 29.7 Å². The highest BCUT2D eigenvalue weighted by atomic mass is 32.2. The van der Waals surface area contributed by atoms with Crippen LogP contribution in [-0.2, 0) is 46.7 Å². The maximum absolute atomic E-state index is 15.1. The smallest absolute Gasteiger partial charge is 0.428 e. The number of allylic oxidation sites excluding steroid dienone is 1. The van der Waals surface area contributed by atoms with E-state index in [0.717, 1.165) is 4.90 Å². The fourth-order valence-corrected chi connectivity index (χ4v) is 11.5. The van der Waals surface area contributed by atoms with Gasteiger partial charge in [0.1, 0.15) is 35.2 Å². The van der Waals surface area contributed by atoms with E-state index in [0.29, 0.717) is 54.9 Å². The number of alkyl carbamates (subject to hydrolysis) is 1. The molecule has 1 aromatic heterocycles. The molecule has 3 saturated carbocycles. The third-order valence-corrected chi connectivity index (χ3v) is 15.9. The van der Waals surface area contributed by atoms with Crippen molar-refractivity contribution in [2.45, 2.75) is 165 Å². The highest BCUT2D eigenvalue weighted by molar-refractivity contribution is 7.91. The first-order chi connectivity index (χ1) is 30.0. The molecule has 1 aromatic rings. The second-order valence-electron chi connectivity index (χ2n) is 19.5. The summed E-state index contributed by atoms with van der Waals surface area (Å²) < 4.78 is 119. The minimum Gasteiger partial charge on any atom is -0.501 e. The Hall–Kier alpha value is -4.30. The molecule has 6 aliphatic rings. The standard InChI is InChI=1S/C43H59F5N6O9S/c1-7-25-31-21-54(32(25)35(55)52-41(20-26(41)34(44)45)38(57)53-64(59,60)24-15-16-24)37(56)33(40(3,4)5)51-39(58)63-42(43(46,47)48)17-11-13-23(42)12-9-8-10-14-27-36(62-31)50-29-19-30(61-6)22(2)18-28(29)49-27/h19,22-26,31-34H,7-18,20-21H2,1-6H3,(H,51,58)(H,52,55)(H,53,57)/t22?,23-,25-,26+,31+,32+,33-,41-,42+/m1/s1. The predicted octanol–water partition coefficient (Wildman–Crippen LogP) is 5.75. The first kappa shape index (κ1) is 47.7. The second-order valence-corrected chi connectivity index (χ2v) is 21.5. The SMILES string of the molecule is CC[C@@H]1[C@@H]2CN(C(=O)[C@H](C(C)(C)C)NC(=O)O[C@@]3(C(F)(F)F)CCC[C@H]3CCCCCc3nc4c(nc3O2)C=C(OC)C(C)C4)[C@@H]1C(=O)N[C@]1(C(=O)NS(=O)(=O)C2CC2)C[C@H]1C(F)F. The van der Waals surface area contributed by atoms with Crippen LogP contribution in [0.4, 0.5) is 26.7 Å². The molecule has 3 heterocycles. The summed E-state index contributed by atoms with van der Waals surface area (Å²) in [6.45, 7) is 8.01. The van der Waals surface area contributed by atoms with Crippen LogP contribution in [0.2, 0.25) is 0 Å². The van der Waals surface area contributed by atoms with E-state index >= 15 is 18.0 Å². The van der Waals surface area contributed by atoms with E-state index in [9.17, 15) is 31.6 Å². The van der Waals surface area contributed by atoms with Gasteiger partial charge in [-0.2, -0.15) is 13.2 Å². The highest BCUT2D eigenvalue weighted by Gasteiger charge is 2.68. The van der Waals surface area contributed by atoms with E-state index in [2.05, 4.69) is 10.6 Å². The van der Waals surface area contributed by atoms with Gasteiger partial charge in [0, 0.05) is 30.3 Å². The lowest BCUT2D eigenvalue weighted by atomic mass is 9.85. The Bertz CT molecular complexity index is 2150. The lowest BCUT2D eigenvalue weighted by Crippen LogP contribution is -2.62. The molecule has 2 aliphatic heterocycles. The number of amides is 4. The predicted molar refractivity (Wildman–Crippen MR) is 220 cm³/mol. The van der Waals surface area contributed by atoms with Gasteiger partial charge in [-0.25, -0.2) is 32.0 Å². The van der Waals surface area contributed by atoms with Crippen LogP contribution >= 0.6 is 0 Å². The lowest BCUT2D eigenvalue weighted by Gasteiger charge is -2.39. The van der Waals surface area contributed by atoms with E-state index < -0.39 is 117 Å². The van der Waals surface area contributed by atoms with Crippen LogP contribution in [0.15, 0.2) is 5.76 Å². The zero-order chi connectivity index (χ0) is 46.7. The molecule has 15 nitrogen and oxygen atoms in total. The van der Waals surface area contributed by atoms with Gasteiger partial charge in [0.05, 0.1) is 36.2 Å². The van der Waals surface area contributed by atoms with Crippen molar-refractivity contribution in [1.29, 1.82) is 0 Å². The molecule has 0 aromatic carbocycles. The zero-order valence-corrected chi connectivity index (χ0v) is 37.8. The number of hydrogen-bond acceptors (Lipinski definition) is 11. The molecule has 356 valence electrons. The van der Waals surface area contributed by atoms with Crippen LogP contribution in [0.5, 0.6) is 5.88 Å². The Morgan fingerprint density at radius 1 is 1.05 bits per heavy atom. The van der Waals surface area contributed by atoms with Crippen LogP contribution in [0.3, 0.4) is 0 Å². The van der Waals surface area contributed by atoms with Crippen molar-refractivity contribution in [1.82, 2.24) is 30.2 Å². The summed E-state index contributed by atoms with van der Waals surface area (Å²) in [5.74, 6) is -6.32. The monoisotopic (exact) mass is 930 g/mol. The summed E-state index contributed by atoms with van der Waals surface area (Å²) in [4.78, 5) is 68.1. The normalized spacial score (nSPS) is 32.7. The van der Waals surface area contributed by atoms with Gasteiger partial charge in [0.25, 0.3) is 5.91 Å². The molecule has 4 fully saturated rings. The molecule has 0 spiro atoms. The van der Waals surface area contributed by atoms with Gasteiger partial charge in [0.15, 0.2) is 0 Å².